The lowest BCUT2D eigenvalue weighted by atomic mass is 9.87. The third-order valence-corrected chi connectivity index (χ3v) is 6.79. The highest BCUT2D eigenvalue weighted by Gasteiger charge is 2.57. The van der Waals surface area contributed by atoms with Crippen LogP contribution in [0.15, 0.2) is 36.0 Å². The SMILES string of the molecule is CC(/C=C/[C@H]1O[C@H](C)C[C@@]2(CO2)[C@@H]1O)=C\C[C@@H]1O[C@H](C)[C@H](NC(=O)/C=C\C(C)C)C[C@@H]1C. The van der Waals surface area contributed by atoms with Crippen molar-refractivity contribution in [3.05, 3.63) is 36.0 Å². The van der Waals surface area contributed by atoms with Gasteiger partial charge in [0.2, 0.25) is 5.91 Å². The van der Waals surface area contributed by atoms with E-state index in [4.69, 9.17) is 14.2 Å². The van der Waals surface area contributed by atoms with Crippen LogP contribution in [0.1, 0.15) is 60.8 Å². The third-order valence-electron chi connectivity index (χ3n) is 6.79. The quantitative estimate of drug-likeness (QED) is 0.353. The van der Waals surface area contributed by atoms with E-state index in [-0.39, 0.29) is 36.4 Å². The molecule has 3 rings (SSSR count). The molecule has 0 aliphatic carbocycles. The summed E-state index contributed by atoms with van der Waals surface area (Å²) in [5, 5.41) is 13.7. The molecule has 0 bridgehead atoms. The van der Waals surface area contributed by atoms with Crippen molar-refractivity contribution < 1.29 is 24.1 Å². The lowest BCUT2D eigenvalue weighted by Crippen LogP contribution is -2.50. The highest BCUT2D eigenvalue weighted by Crippen LogP contribution is 2.42. The molecule has 0 unspecified atom stereocenters. The number of hydrogen-bond acceptors (Lipinski definition) is 5. The van der Waals surface area contributed by atoms with Crippen molar-refractivity contribution in [1.82, 2.24) is 5.32 Å². The molecular formula is C26H41NO5. The summed E-state index contributed by atoms with van der Waals surface area (Å²) in [6.45, 7) is 13.0. The average Bonchev–Trinajstić information content (AvgIpc) is 3.49. The molecule has 6 heteroatoms. The zero-order chi connectivity index (χ0) is 23.5. The fraction of sp³-hybridized carbons (Fsp3) is 0.731. The van der Waals surface area contributed by atoms with Crippen LogP contribution < -0.4 is 5.32 Å². The summed E-state index contributed by atoms with van der Waals surface area (Å²) in [5.74, 6) is 0.646. The second-order valence-corrected chi connectivity index (χ2v) is 10.3. The van der Waals surface area contributed by atoms with Crippen molar-refractivity contribution >= 4 is 5.91 Å². The number of epoxide rings is 1. The lowest BCUT2D eigenvalue weighted by molar-refractivity contribution is -0.126. The van der Waals surface area contributed by atoms with Gasteiger partial charge < -0.3 is 24.6 Å². The minimum absolute atomic E-state index is 0.0272. The molecule has 0 aromatic heterocycles. The maximum absolute atomic E-state index is 12.1. The summed E-state index contributed by atoms with van der Waals surface area (Å²) in [6.07, 6.45) is 11.3. The summed E-state index contributed by atoms with van der Waals surface area (Å²) in [5.41, 5.74) is 0.713. The van der Waals surface area contributed by atoms with Crippen LogP contribution in [-0.2, 0) is 19.0 Å². The summed E-state index contributed by atoms with van der Waals surface area (Å²) < 4.78 is 17.7. The number of aliphatic hydroxyl groups is 1. The molecule has 3 heterocycles. The fourth-order valence-electron chi connectivity index (χ4n) is 4.67. The standard InChI is InChI=1S/C26H41NO5/c1-16(2)7-12-24(28)27-21-13-18(4)22(32-20(21)6)10-8-17(3)9-11-23-25(29)26(15-30-26)14-19(5)31-23/h7-9,11-12,16,18-23,25,29H,10,13-15H2,1-6H3,(H,27,28)/b11-9+,12-7-,17-8+/t18-,19+,20+,21+,22-,23+,25+,26+/m0/s1. The number of carbonyl (C=O) groups excluding carboxylic acids is 1. The van der Waals surface area contributed by atoms with Gasteiger partial charge in [-0.2, -0.15) is 0 Å². The zero-order valence-corrected chi connectivity index (χ0v) is 20.4. The van der Waals surface area contributed by atoms with E-state index in [1.165, 1.54) is 0 Å². The highest BCUT2D eigenvalue weighted by molar-refractivity contribution is 5.87. The summed E-state index contributed by atoms with van der Waals surface area (Å²) in [7, 11) is 0. The van der Waals surface area contributed by atoms with Crippen molar-refractivity contribution in [2.45, 2.75) is 103 Å². The third kappa shape index (κ3) is 6.53. The molecule has 2 N–H and O–H groups in total. The maximum atomic E-state index is 12.1. The molecule has 3 aliphatic heterocycles. The van der Waals surface area contributed by atoms with Crippen LogP contribution in [0.3, 0.4) is 0 Å². The molecule has 0 saturated carbocycles. The van der Waals surface area contributed by atoms with Gasteiger partial charge in [-0.3, -0.25) is 4.79 Å². The van der Waals surface area contributed by atoms with Gasteiger partial charge in [-0.25, -0.2) is 0 Å². The molecule has 1 spiro atoms. The van der Waals surface area contributed by atoms with E-state index in [0.717, 1.165) is 24.8 Å². The van der Waals surface area contributed by atoms with Crippen LogP contribution in [0, 0.1) is 11.8 Å². The van der Waals surface area contributed by atoms with E-state index in [1.807, 2.05) is 32.1 Å². The summed E-state index contributed by atoms with van der Waals surface area (Å²) in [6, 6.07) is 0.0272. The first-order valence-electron chi connectivity index (χ1n) is 12.1. The number of nitrogens with one attached hydrogen (secondary N) is 1. The fourth-order valence-corrected chi connectivity index (χ4v) is 4.67. The first kappa shape index (κ1) is 25.2. The summed E-state index contributed by atoms with van der Waals surface area (Å²) >= 11 is 0. The predicted molar refractivity (Wildman–Crippen MR) is 125 cm³/mol. The van der Waals surface area contributed by atoms with E-state index in [2.05, 4.69) is 39.1 Å². The Morgan fingerprint density at radius 1 is 1.22 bits per heavy atom. The Bertz CT molecular complexity index is 738. The van der Waals surface area contributed by atoms with Gasteiger partial charge in [0.05, 0.1) is 31.0 Å². The number of amides is 1. The smallest absolute Gasteiger partial charge is 0.243 e. The molecule has 3 fully saturated rings. The highest BCUT2D eigenvalue weighted by atomic mass is 16.6. The van der Waals surface area contributed by atoms with E-state index in [1.54, 1.807) is 6.08 Å². The largest absolute Gasteiger partial charge is 0.387 e. The molecule has 0 aromatic rings. The molecule has 0 radical (unpaired) electrons. The van der Waals surface area contributed by atoms with Gasteiger partial charge in [0, 0.05) is 6.42 Å². The van der Waals surface area contributed by atoms with Crippen molar-refractivity contribution in [1.29, 1.82) is 0 Å². The van der Waals surface area contributed by atoms with Crippen LogP contribution in [0.5, 0.6) is 0 Å². The van der Waals surface area contributed by atoms with Crippen LogP contribution >= 0.6 is 0 Å². The number of carbonyl (C=O) groups is 1. The van der Waals surface area contributed by atoms with Crippen LogP contribution in [0.4, 0.5) is 0 Å². The van der Waals surface area contributed by atoms with Crippen molar-refractivity contribution in [3.8, 4) is 0 Å². The second-order valence-electron chi connectivity index (χ2n) is 10.3. The molecule has 180 valence electrons. The van der Waals surface area contributed by atoms with E-state index >= 15 is 0 Å². The molecule has 32 heavy (non-hydrogen) atoms. The van der Waals surface area contributed by atoms with Crippen molar-refractivity contribution in [2.24, 2.45) is 11.8 Å². The Morgan fingerprint density at radius 3 is 2.59 bits per heavy atom. The number of ether oxygens (including phenoxy) is 3. The van der Waals surface area contributed by atoms with E-state index in [9.17, 15) is 9.90 Å². The Balaban J connectivity index is 1.49. The Hall–Kier alpha value is -1.47. The number of hydrogen-bond donors (Lipinski definition) is 2. The van der Waals surface area contributed by atoms with Gasteiger partial charge >= 0.3 is 0 Å². The van der Waals surface area contributed by atoms with Crippen LogP contribution in [-0.4, -0.2) is 59.8 Å². The molecular weight excluding hydrogens is 406 g/mol. The number of rotatable bonds is 7. The minimum atomic E-state index is -0.618. The zero-order valence-electron chi connectivity index (χ0n) is 20.4. The molecule has 6 nitrogen and oxygen atoms in total. The van der Waals surface area contributed by atoms with Gasteiger partial charge in [-0.1, -0.05) is 50.6 Å². The monoisotopic (exact) mass is 447 g/mol. The number of allylic oxidation sites excluding steroid dienone is 3. The van der Waals surface area contributed by atoms with Crippen LogP contribution in [0.2, 0.25) is 0 Å². The Morgan fingerprint density at radius 2 is 1.94 bits per heavy atom. The topological polar surface area (TPSA) is 80.3 Å². The maximum Gasteiger partial charge on any atom is 0.243 e. The minimum Gasteiger partial charge on any atom is -0.387 e. The van der Waals surface area contributed by atoms with Gasteiger partial charge in [0.1, 0.15) is 17.8 Å². The first-order valence-corrected chi connectivity index (χ1v) is 12.1. The number of aliphatic hydroxyl groups excluding tert-OH is 1. The molecule has 3 saturated heterocycles. The van der Waals surface area contributed by atoms with Crippen molar-refractivity contribution in [3.63, 3.8) is 0 Å². The van der Waals surface area contributed by atoms with Gasteiger partial charge in [-0.05, 0) is 51.5 Å². The Labute approximate surface area is 193 Å². The molecule has 1 amide bonds. The van der Waals surface area contributed by atoms with Gasteiger partial charge in [-0.15, -0.1) is 0 Å². The average molecular weight is 448 g/mol. The molecule has 8 atom stereocenters. The first-order chi connectivity index (χ1) is 15.1. The normalized spacial score (nSPS) is 40.5. The Kier molecular flexibility index (Phi) is 8.37. The predicted octanol–water partition coefficient (Wildman–Crippen LogP) is 3.70. The van der Waals surface area contributed by atoms with Gasteiger partial charge in [0.25, 0.3) is 0 Å². The second kappa shape index (κ2) is 10.6. The molecule has 0 aromatic carbocycles. The van der Waals surface area contributed by atoms with Gasteiger partial charge in [0.15, 0.2) is 0 Å². The van der Waals surface area contributed by atoms with Crippen molar-refractivity contribution in [2.75, 3.05) is 6.61 Å². The summed E-state index contributed by atoms with van der Waals surface area (Å²) in [4.78, 5) is 12.1. The van der Waals surface area contributed by atoms with E-state index < -0.39 is 11.7 Å². The van der Waals surface area contributed by atoms with Crippen LogP contribution in [0.25, 0.3) is 0 Å². The van der Waals surface area contributed by atoms with E-state index in [0.29, 0.717) is 18.4 Å². The lowest BCUT2D eigenvalue weighted by Gasteiger charge is -2.39. The molecule has 3 aliphatic rings.